The van der Waals surface area contributed by atoms with Crippen LogP contribution in [-0.2, 0) is 16.0 Å². The Kier molecular flexibility index (Phi) is 5.97. The molecule has 1 aromatic rings. The summed E-state index contributed by atoms with van der Waals surface area (Å²) in [6.45, 7) is 7.77. The predicted octanol–water partition coefficient (Wildman–Crippen LogP) is 2.73. The molecule has 1 amide bonds. The molecule has 0 aliphatic carbocycles. The SMILES string of the molecule is CCOC(=O)c1c(NC(=O)C2CCCNC2)sc(C)c1CC. The van der Waals surface area contributed by atoms with Crippen molar-refractivity contribution in [1.82, 2.24) is 5.32 Å². The average Bonchev–Trinajstić information content (AvgIpc) is 2.83. The van der Waals surface area contributed by atoms with Crippen LogP contribution in [0.2, 0.25) is 0 Å². The van der Waals surface area contributed by atoms with Gasteiger partial charge in [-0.3, -0.25) is 4.79 Å². The zero-order valence-electron chi connectivity index (χ0n) is 13.5. The highest BCUT2D eigenvalue weighted by Crippen LogP contribution is 2.34. The van der Waals surface area contributed by atoms with E-state index < -0.39 is 0 Å². The molecule has 122 valence electrons. The van der Waals surface area contributed by atoms with Gasteiger partial charge in [-0.25, -0.2) is 4.79 Å². The zero-order valence-corrected chi connectivity index (χ0v) is 14.3. The first kappa shape index (κ1) is 17.0. The molecule has 0 bridgehead atoms. The fraction of sp³-hybridized carbons (Fsp3) is 0.625. The second-order valence-corrected chi connectivity index (χ2v) is 6.67. The summed E-state index contributed by atoms with van der Waals surface area (Å²) in [6, 6.07) is 0. The van der Waals surface area contributed by atoms with Gasteiger partial charge in [-0.2, -0.15) is 0 Å². The van der Waals surface area contributed by atoms with Crippen LogP contribution in [0.1, 0.15) is 47.5 Å². The van der Waals surface area contributed by atoms with E-state index in [1.165, 1.54) is 11.3 Å². The van der Waals surface area contributed by atoms with Gasteiger partial charge in [0.15, 0.2) is 0 Å². The van der Waals surface area contributed by atoms with E-state index in [4.69, 9.17) is 4.74 Å². The first-order valence-electron chi connectivity index (χ1n) is 7.89. The number of nitrogens with one attached hydrogen (secondary N) is 2. The van der Waals surface area contributed by atoms with E-state index in [0.29, 0.717) is 23.7 Å². The number of hydrogen-bond acceptors (Lipinski definition) is 5. The van der Waals surface area contributed by atoms with Gasteiger partial charge >= 0.3 is 5.97 Å². The van der Waals surface area contributed by atoms with Crippen LogP contribution in [0.5, 0.6) is 0 Å². The van der Waals surface area contributed by atoms with E-state index >= 15 is 0 Å². The molecule has 6 heteroatoms. The maximum atomic E-state index is 12.4. The van der Waals surface area contributed by atoms with Gasteiger partial charge in [0.1, 0.15) is 5.00 Å². The van der Waals surface area contributed by atoms with E-state index in [0.717, 1.165) is 36.2 Å². The molecule has 0 radical (unpaired) electrons. The molecule has 1 aliphatic rings. The summed E-state index contributed by atoms with van der Waals surface area (Å²) in [6.07, 6.45) is 2.64. The summed E-state index contributed by atoms with van der Waals surface area (Å²) in [7, 11) is 0. The smallest absolute Gasteiger partial charge is 0.341 e. The highest BCUT2D eigenvalue weighted by molar-refractivity contribution is 7.16. The van der Waals surface area contributed by atoms with Crippen molar-refractivity contribution < 1.29 is 14.3 Å². The molecule has 0 aromatic carbocycles. The molecule has 1 saturated heterocycles. The fourth-order valence-electron chi connectivity index (χ4n) is 2.80. The number of carbonyl (C=O) groups excluding carboxylic acids is 2. The molecular formula is C16H24N2O3S. The van der Waals surface area contributed by atoms with Crippen LogP contribution in [-0.4, -0.2) is 31.6 Å². The molecule has 1 fully saturated rings. The Morgan fingerprint density at radius 3 is 2.77 bits per heavy atom. The Balaban J connectivity index is 2.22. The summed E-state index contributed by atoms with van der Waals surface area (Å²) < 4.78 is 5.16. The van der Waals surface area contributed by atoms with Crippen LogP contribution in [0.3, 0.4) is 0 Å². The van der Waals surface area contributed by atoms with Gasteiger partial charge in [-0.15, -0.1) is 11.3 Å². The van der Waals surface area contributed by atoms with Crippen LogP contribution in [0.4, 0.5) is 5.00 Å². The van der Waals surface area contributed by atoms with Crippen molar-refractivity contribution >= 4 is 28.2 Å². The number of amides is 1. The summed E-state index contributed by atoms with van der Waals surface area (Å²) in [5.74, 6) is -0.390. The molecule has 2 rings (SSSR count). The Hall–Kier alpha value is -1.40. The Bertz CT molecular complexity index is 548. The lowest BCUT2D eigenvalue weighted by molar-refractivity contribution is -0.120. The van der Waals surface area contributed by atoms with E-state index in [1.54, 1.807) is 6.92 Å². The average molecular weight is 324 g/mol. The Labute approximate surface area is 135 Å². The van der Waals surface area contributed by atoms with E-state index in [2.05, 4.69) is 10.6 Å². The lowest BCUT2D eigenvalue weighted by Crippen LogP contribution is -2.37. The standard InChI is InChI=1S/C16H24N2O3S/c1-4-12-10(3)22-15(13(12)16(20)21-5-2)18-14(19)11-7-6-8-17-9-11/h11,17H,4-9H2,1-3H3,(H,18,19). The third-order valence-electron chi connectivity index (χ3n) is 3.95. The molecular weight excluding hydrogens is 300 g/mol. The van der Waals surface area contributed by atoms with Crippen molar-refractivity contribution in [2.24, 2.45) is 5.92 Å². The van der Waals surface area contributed by atoms with E-state index in [9.17, 15) is 9.59 Å². The van der Waals surface area contributed by atoms with Gasteiger partial charge in [-0.05, 0) is 45.2 Å². The summed E-state index contributed by atoms with van der Waals surface area (Å²) in [4.78, 5) is 25.7. The van der Waals surface area contributed by atoms with Crippen molar-refractivity contribution in [1.29, 1.82) is 0 Å². The molecule has 0 spiro atoms. The minimum absolute atomic E-state index is 0.0124. The van der Waals surface area contributed by atoms with Crippen LogP contribution >= 0.6 is 11.3 Å². The molecule has 2 heterocycles. The van der Waals surface area contributed by atoms with Crippen LogP contribution in [0.25, 0.3) is 0 Å². The third kappa shape index (κ3) is 3.67. The van der Waals surface area contributed by atoms with Gasteiger partial charge < -0.3 is 15.4 Å². The monoisotopic (exact) mass is 324 g/mol. The lowest BCUT2D eigenvalue weighted by atomic mass is 9.99. The van der Waals surface area contributed by atoms with E-state index in [-0.39, 0.29) is 17.8 Å². The number of anilines is 1. The van der Waals surface area contributed by atoms with Crippen molar-refractivity contribution in [3.8, 4) is 0 Å². The largest absolute Gasteiger partial charge is 0.462 e. The van der Waals surface area contributed by atoms with Crippen LogP contribution < -0.4 is 10.6 Å². The first-order chi connectivity index (χ1) is 10.6. The van der Waals surface area contributed by atoms with Gasteiger partial charge in [0.05, 0.1) is 18.1 Å². The van der Waals surface area contributed by atoms with Crippen molar-refractivity contribution in [3.05, 3.63) is 16.0 Å². The molecule has 1 atom stereocenters. The van der Waals surface area contributed by atoms with Crippen LogP contribution in [0, 0.1) is 12.8 Å². The predicted molar refractivity (Wildman–Crippen MR) is 88.6 cm³/mol. The van der Waals surface area contributed by atoms with Gasteiger partial charge in [0.2, 0.25) is 5.91 Å². The molecule has 1 unspecified atom stereocenters. The lowest BCUT2D eigenvalue weighted by Gasteiger charge is -2.21. The highest BCUT2D eigenvalue weighted by Gasteiger charge is 2.26. The maximum Gasteiger partial charge on any atom is 0.341 e. The summed E-state index contributed by atoms with van der Waals surface area (Å²) in [5.41, 5.74) is 1.50. The Morgan fingerprint density at radius 1 is 1.41 bits per heavy atom. The number of thiophene rings is 1. The number of rotatable bonds is 5. The van der Waals surface area contributed by atoms with Gasteiger partial charge in [0, 0.05) is 11.4 Å². The van der Waals surface area contributed by atoms with Crippen molar-refractivity contribution in [2.75, 3.05) is 25.0 Å². The number of esters is 1. The summed E-state index contributed by atoms with van der Waals surface area (Å²) >= 11 is 1.46. The molecule has 2 N–H and O–H groups in total. The van der Waals surface area contributed by atoms with Gasteiger partial charge in [0.25, 0.3) is 0 Å². The Morgan fingerprint density at radius 2 is 2.18 bits per heavy atom. The number of aryl methyl sites for hydroxylation is 1. The van der Waals surface area contributed by atoms with Crippen LogP contribution in [0.15, 0.2) is 0 Å². The minimum atomic E-state index is -0.347. The van der Waals surface area contributed by atoms with Crippen molar-refractivity contribution in [3.63, 3.8) is 0 Å². The molecule has 1 aromatic heterocycles. The first-order valence-corrected chi connectivity index (χ1v) is 8.71. The quantitative estimate of drug-likeness (QED) is 0.817. The second kappa shape index (κ2) is 7.74. The number of carbonyl (C=O) groups is 2. The highest BCUT2D eigenvalue weighted by atomic mass is 32.1. The minimum Gasteiger partial charge on any atom is -0.462 e. The van der Waals surface area contributed by atoms with E-state index in [1.807, 2.05) is 13.8 Å². The van der Waals surface area contributed by atoms with Crippen molar-refractivity contribution in [2.45, 2.75) is 40.0 Å². The third-order valence-corrected chi connectivity index (χ3v) is 5.01. The molecule has 1 aliphatic heterocycles. The molecule has 5 nitrogen and oxygen atoms in total. The zero-order chi connectivity index (χ0) is 16.1. The van der Waals surface area contributed by atoms with Gasteiger partial charge in [-0.1, -0.05) is 6.92 Å². The second-order valence-electron chi connectivity index (χ2n) is 5.45. The molecule has 0 saturated carbocycles. The number of hydrogen-bond donors (Lipinski definition) is 2. The molecule has 22 heavy (non-hydrogen) atoms. The normalized spacial score (nSPS) is 18.0. The fourth-order valence-corrected chi connectivity index (χ4v) is 3.94. The topological polar surface area (TPSA) is 67.4 Å². The number of piperidine rings is 1. The maximum absolute atomic E-state index is 12.4. The number of ether oxygens (including phenoxy) is 1. The summed E-state index contributed by atoms with van der Waals surface area (Å²) in [5, 5.41) is 6.82.